The van der Waals surface area contributed by atoms with Crippen LogP contribution in [0.3, 0.4) is 0 Å². The Morgan fingerprint density at radius 1 is 1.19 bits per heavy atom. The average Bonchev–Trinajstić information content (AvgIpc) is 2.53. The van der Waals surface area contributed by atoms with Crippen LogP contribution in [0.15, 0.2) is 12.2 Å². The van der Waals surface area contributed by atoms with Crippen LogP contribution in [0.5, 0.6) is 0 Å². The molecule has 1 heterocycles. The summed E-state index contributed by atoms with van der Waals surface area (Å²) in [7, 11) is -2.68. The summed E-state index contributed by atoms with van der Waals surface area (Å²) in [4.78, 5) is 0. The molecule has 0 amide bonds. The minimum absolute atomic E-state index is 0.235. The maximum absolute atomic E-state index is 10.5. The fourth-order valence-corrected chi connectivity index (χ4v) is 17.0. The van der Waals surface area contributed by atoms with E-state index in [1.165, 1.54) is 5.57 Å². The highest BCUT2D eigenvalue weighted by atomic mass is 28.4. The van der Waals surface area contributed by atoms with E-state index >= 15 is 0 Å². The summed E-state index contributed by atoms with van der Waals surface area (Å²) in [6, 6.07) is 0. The standard InChI is InChI=1S/C16H34O3Si2/c1-12(15(20(4,5)6)21(7,8)9)10-13(17)14-11-18-16(2,3)19-14/h13-15,17H,1,10-11H2,2-9H3/t13-,14+/m1/s1. The molecule has 3 nitrogen and oxygen atoms in total. The summed E-state index contributed by atoms with van der Waals surface area (Å²) in [5.74, 6) is -0.579. The van der Waals surface area contributed by atoms with E-state index in [1.54, 1.807) is 0 Å². The largest absolute Gasteiger partial charge is 0.390 e. The lowest BCUT2D eigenvalue weighted by Crippen LogP contribution is -2.45. The Morgan fingerprint density at radius 2 is 1.67 bits per heavy atom. The van der Waals surface area contributed by atoms with Gasteiger partial charge in [-0.25, -0.2) is 0 Å². The smallest absolute Gasteiger partial charge is 0.163 e. The van der Waals surface area contributed by atoms with E-state index < -0.39 is 28.0 Å². The first-order valence-corrected chi connectivity index (χ1v) is 15.1. The molecule has 1 aliphatic rings. The van der Waals surface area contributed by atoms with Crippen LogP contribution in [0.1, 0.15) is 20.3 Å². The Labute approximate surface area is 132 Å². The lowest BCUT2D eigenvalue weighted by molar-refractivity contribution is -0.150. The van der Waals surface area contributed by atoms with Gasteiger partial charge >= 0.3 is 0 Å². The van der Waals surface area contributed by atoms with E-state index in [9.17, 15) is 5.11 Å². The van der Waals surface area contributed by atoms with Crippen LogP contribution in [0.4, 0.5) is 0 Å². The molecule has 0 aromatic heterocycles. The van der Waals surface area contributed by atoms with Crippen LogP contribution in [-0.4, -0.2) is 45.9 Å². The van der Waals surface area contributed by atoms with Gasteiger partial charge in [0.15, 0.2) is 5.79 Å². The number of aliphatic hydroxyl groups is 1. The number of hydrogen-bond donors (Lipinski definition) is 1. The van der Waals surface area contributed by atoms with Crippen molar-refractivity contribution in [3.63, 3.8) is 0 Å². The molecule has 0 spiro atoms. The van der Waals surface area contributed by atoms with Crippen molar-refractivity contribution in [2.75, 3.05) is 6.61 Å². The molecule has 0 unspecified atom stereocenters. The van der Waals surface area contributed by atoms with Crippen molar-refractivity contribution in [3.05, 3.63) is 12.2 Å². The molecule has 0 bridgehead atoms. The Morgan fingerprint density at radius 3 is 2.00 bits per heavy atom. The third-order valence-corrected chi connectivity index (χ3v) is 13.5. The van der Waals surface area contributed by atoms with Gasteiger partial charge in [0.05, 0.1) is 12.7 Å². The summed E-state index contributed by atoms with van der Waals surface area (Å²) < 4.78 is 11.3. The van der Waals surface area contributed by atoms with Gasteiger partial charge in [-0.2, -0.15) is 0 Å². The van der Waals surface area contributed by atoms with E-state index in [2.05, 4.69) is 45.9 Å². The second-order valence-corrected chi connectivity index (χ2v) is 20.2. The molecule has 1 rings (SSSR count). The van der Waals surface area contributed by atoms with Crippen LogP contribution < -0.4 is 0 Å². The molecule has 1 fully saturated rings. The van der Waals surface area contributed by atoms with E-state index in [4.69, 9.17) is 9.47 Å². The molecule has 0 aromatic rings. The lowest BCUT2D eigenvalue weighted by Gasteiger charge is -2.40. The molecule has 1 aliphatic heterocycles. The normalized spacial score (nSPS) is 24.4. The van der Waals surface area contributed by atoms with Crippen molar-refractivity contribution in [3.8, 4) is 0 Å². The van der Waals surface area contributed by atoms with Crippen molar-refractivity contribution in [2.45, 2.75) is 82.7 Å². The van der Waals surface area contributed by atoms with Crippen LogP contribution in [0, 0.1) is 0 Å². The third kappa shape index (κ3) is 5.32. The first-order chi connectivity index (χ1) is 9.24. The molecule has 0 radical (unpaired) electrons. The SMILES string of the molecule is C=C(C[C@@H](O)[C@@H]1COC(C)(C)O1)C([Si](C)(C)C)[Si](C)(C)C. The van der Waals surface area contributed by atoms with Gasteiger partial charge in [0.2, 0.25) is 0 Å². The molecule has 1 N–H and O–H groups in total. The Balaban J connectivity index is 2.75. The van der Waals surface area contributed by atoms with Crippen LogP contribution in [0.2, 0.25) is 44.4 Å². The van der Waals surface area contributed by atoms with Gasteiger partial charge in [-0.3, -0.25) is 0 Å². The number of rotatable bonds is 6. The van der Waals surface area contributed by atoms with Crippen molar-refractivity contribution < 1.29 is 14.6 Å². The summed E-state index contributed by atoms with van der Waals surface area (Å²) in [6.45, 7) is 23.0. The van der Waals surface area contributed by atoms with Crippen LogP contribution >= 0.6 is 0 Å². The fraction of sp³-hybridized carbons (Fsp3) is 0.875. The molecule has 0 aromatic carbocycles. The zero-order chi connectivity index (χ0) is 16.6. The number of ether oxygens (including phenoxy) is 2. The van der Waals surface area contributed by atoms with Gasteiger partial charge in [-0.05, 0) is 25.4 Å². The molecule has 124 valence electrons. The van der Waals surface area contributed by atoms with Gasteiger partial charge in [0.25, 0.3) is 0 Å². The van der Waals surface area contributed by atoms with Crippen LogP contribution in [0.25, 0.3) is 0 Å². The maximum Gasteiger partial charge on any atom is 0.163 e. The number of hydrogen-bond acceptors (Lipinski definition) is 3. The molecule has 5 heteroatoms. The van der Waals surface area contributed by atoms with Gasteiger partial charge < -0.3 is 14.6 Å². The number of aliphatic hydroxyl groups excluding tert-OH is 1. The van der Waals surface area contributed by atoms with Gasteiger partial charge in [0, 0.05) is 16.1 Å². The molecular weight excluding hydrogens is 296 g/mol. The molecule has 2 atom stereocenters. The van der Waals surface area contributed by atoms with Gasteiger partial charge in [-0.1, -0.05) is 44.9 Å². The van der Waals surface area contributed by atoms with Crippen LogP contribution in [-0.2, 0) is 9.47 Å². The monoisotopic (exact) mass is 330 g/mol. The van der Waals surface area contributed by atoms with Gasteiger partial charge in [-0.15, -0.1) is 6.58 Å². The topological polar surface area (TPSA) is 38.7 Å². The maximum atomic E-state index is 10.5. The molecule has 1 saturated heterocycles. The molecule has 0 saturated carbocycles. The van der Waals surface area contributed by atoms with Crippen molar-refractivity contribution in [2.24, 2.45) is 0 Å². The summed E-state index contributed by atoms with van der Waals surface area (Å²) in [5.41, 5.74) is 1.22. The Bertz CT molecular complexity index is 366. The quantitative estimate of drug-likeness (QED) is 0.590. The van der Waals surface area contributed by atoms with Crippen molar-refractivity contribution >= 4 is 16.1 Å². The summed E-state index contributed by atoms with van der Waals surface area (Å²) >= 11 is 0. The first kappa shape index (κ1) is 19.1. The fourth-order valence-electron chi connectivity index (χ4n) is 3.95. The molecule has 21 heavy (non-hydrogen) atoms. The summed E-state index contributed by atoms with van der Waals surface area (Å²) in [6.07, 6.45) is -0.126. The zero-order valence-corrected chi connectivity index (χ0v) is 17.1. The minimum atomic E-state index is -1.34. The van der Waals surface area contributed by atoms with E-state index in [-0.39, 0.29) is 6.10 Å². The lowest BCUT2D eigenvalue weighted by atomic mass is 10.1. The second-order valence-electron chi connectivity index (χ2n) is 8.96. The summed E-state index contributed by atoms with van der Waals surface area (Å²) in [5, 5.41) is 11.1. The molecule has 0 aliphatic carbocycles. The predicted molar refractivity (Wildman–Crippen MR) is 95.1 cm³/mol. The Kier molecular flexibility index (Phi) is 5.71. The first-order valence-electron chi connectivity index (χ1n) is 7.91. The van der Waals surface area contributed by atoms with E-state index in [0.29, 0.717) is 18.2 Å². The predicted octanol–water partition coefficient (Wildman–Crippen LogP) is 4.03. The molecular formula is C16H34O3Si2. The third-order valence-electron chi connectivity index (χ3n) is 4.07. The van der Waals surface area contributed by atoms with Gasteiger partial charge in [0.1, 0.15) is 6.10 Å². The van der Waals surface area contributed by atoms with Crippen molar-refractivity contribution in [1.29, 1.82) is 0 Å². The highest BCUT2D eigenvalue weighted by molar-refractivity contribution is 6.97. The highest BCUT2D eigenvalue weighted by Gasteiger charge is 2.42. The Hall–Kier alpha value is 0.0538. The zero-order valence-electron chi connectivity index (χ0n) is 15.1. The average molecular weight is 331 g/mol. The van der Waals surface area contributed by atoms with E-state index in [1.807, 2.05) is 13.8 Å². The second kappa shape index (κ2) is 6.28. The minimum Gasteiger partial charge on any atom is -0.390 e. The van der Waals surface area contributed by atoms with Crippen molar-refractivity contribution in [1.82, 2.24) is 0 Å². The highest BCUT2D eigenvalue weighted by Crippen LogP contribution is 2.40. The van der Waals surface area contributed by atoms with E-state index in [0.717, 1.165) is 0 Å².